The molecule has 1 saturated carbocycles. The molecule has 2 atom stereocenters. The van der Waals surface area contributed by atoms with Gasteiger partial charge < -0.3 is 9.64 Å². The zero-order valence-corrected chi connectivity index (χ0v) is 13.6. The molecule has 21 heavy (non-hydrogen) atoms. The van der Waals surface area contributed by atoms with Crippen LogP contribution in [0.5, 0.6) is 0 Å². The fraction of sp³-hybridized carbons (Fsp3) is 0.688. The molecule has 0 radical (unpaired) electrons. The molecule has 1 N–H and O–H groups in total. The van der Waals surface area contributed by atoms with Gasteiger partial charge in [0.1, 0.15) is 6.17 Å². The SMILES string of the molecule is CCOCC(C)N1C(=O)C2(CCCC2)NC1c1cccs1. The quantitative estimate of drug-likeness (QED) is 0.909. The van der Waals surface area contributed by atoms with E-state index in [4.69, 9.17) is 4.74 Å². The third kappa shape index (κ3) is 2.62. The maximum absolute atomic E-state index is 13.1. The molecule has 0 bridgehead atoms. The van der Waals surface area contributed by atoms with Crippen molar-refractivity contribution in [1.82, 2.24) is 10.2 Å². The Morgan fingerprint density at radius 3 is 2.90 bits per heavy atom. The monoisotopic (exact) mass is 308 g/mol. The lowest BCUT2D eigenvalue weighted by molar-refractivity contribution is -0.136. The number of carbonyl (C=O) groups excluding carboxylic acids is 1. The van der Waals surface area contributed by atoms with Crippen LogP contribution in [0.4, 0.5) is 0 Å². The molecule has 0 aromatic carbocycles. The van der Waals surface area contributed by atoms with Crippen molar-refractivity contribution in [2.24, 2.45) is 0 Å². The molecule has 1 aliphatic carbocycles. The second-order valence-corrected chi connectivity index (χ2v) is 7.05. The summed E-state index contributed by atoms with van der Waals surface area (Å²) in [6.07, 6.45) is 4.22. The van der Waals surface area contributed by atoms with Gasteiger partial charge in [0.2, 0.25) is 5.91 Å². The van der Waals surface area contributed by atoms with Gasteiger partial charge in [-0.1, -0.05) is 18.9 Å². The van der Waals surface area contributed by atoms with Gasteiger partial charge in [-0.25, -0.2) is 0 Å². The molecule has 1 saturated heterocycles. The van der Waals surface area contributed by atoms with Crippen LogP contribution in [0.1, 0.15) is 50.6 Å². The van der Waals surface area contributed by atoms with Crippen LogP contribution in [0, 0.1) is 0 Å². The van der Waals surface area contributed by atoms with E-state index in [1.54, 1.807) is 11.3 Å². The van der Waals surface area contributed by atoms with Gasteiger partial charge in [0.15, 0.2) is 0 Å². The van der Waals surface area contributed by atoms with Crippen LogP contribution in [0.25, 0.3) is 0 Å². The van der Waals surface area contributed by atoms with E-state index in [0.29, 0.717) is 13.2 Å². The summed E-state index contributed by atoms with van der Waals surface area (Å²) < 4.78 is 5.55. The van der Waals surface area contributed by atoms with E-state index in [0.717, 1.165) is 25.7 Å². The molecule has 1 aromatic rings. The van der Waals surface area contributed by atoms with Crippen molar-refractivity contribution in [3.63, 3.8) is 0 Å². The van der Waals surface area contributed by atoms with Gasteiger partial charge >= 0.3 is 0 Å². The van der Waals surface area contributed by atoms with Gasteiger partial charge in [0, 0.05) is 11.5 Å². The van der Waals surface area contributed by atoms with E-state index in [1.807, 2.05) is 11.8 Å². The summed E-state index contributed by atoms with van der Waals surface area (Å²) in [6, 6.07) is 4.26. The van der Waals surface area contributed by atoms with E-state index in [9.17, 15) is 4.79 Å². The second-order valence-electron chi connectivity index (χ2n) is 6.07. The van der Waals surface area contributed by atoms with E-state index in [1.165, 1.54) is 4.88 Å². The summed E-state index contributed by atoms with van der Waals surface area (Å²) in [5.74, 6) is 0.269. The minimum atomic E-state index is -0.324. The third-order valence-corrected chi connectivity index (χ3v) is 5.57. The molecule has 1 aromatic heterocycles. The predicted octanol–water partition coefficient (Wildman–Crippen LogP) is 2.92. The summed E-state index contributed by atoms with van der Waals surface area (Å²) >= 11 is 1.71. The molecular formula is C16H24N2O2S. The number of carbonyl (C=O) groups is 1. The number of thiophene rings is 1. The van der Waals surface area contributed by atoms with Crippen molar-refractivity contribution >= 4 is 17.2 Å². The molecule has 2 fully saturated rings. The van der Waals surface area contributed by atoms with Gasteiger partial charge in [-0.15, -0.1) is 11.3 Å². The van der Waals surface area contributed by atoms with Gasteiger partial charge in [-0.2, -0.15) is 0 Å². The maximum Gasteiger partial charge on any atom is 0.244 e. The van der Waals surface area contributed by atoms with Crippen molar-refractivity contribution < 1.29 is 9.53 Å². The standard InChI is InChI=1S/C16H24N2O2S/c1-3-20-11-12(2)18-14(13-7-6-10-21-13)17-16(15(18)19)8-4-5-9-16/h6-7,10,12,14,17H,3-5,8-9,11H2,1-2H3. The van der Waals surface area contributed by atoms with Gasteiger partial charge in [-0.05, 0) is 38.1 Å². The van der Waals surface area contributed by atoms with Crippen LogP contribution in [-0.4, -0.2) is 35.6 Å². The van der Waals surface area contributed by atoms with Crippen LogP contribution < -0.4 is 5.32 Å². The molecule has 1 aliphatic heterocycles. The highest BCUT2D eigenvalue weighted by molar-refractivity contribution is 7.10. The average molecular weight is 308 g/mol. The Bertz CT molecular complexity index is 482. The molecular weight excluding hydrogens is 284 g/mol. The van der Waals surface area contributed by atoms with Crippen LogP contribution in [0.3, 0.4) is 0 Å². The van der Waals surface area contributed by atoms with Crippen molar-refractivity contribution in [1.29, 1.82) is 0 Å². The lowest BCUT2D eigenvalue weighted by Gasteiger charge is -2.29. The third-order valence-electron chi connectivity index (χ3n) is 4.64. The Kier molecular flexibility index (Phi) is 4.33. The molecule has 4 nitrogen and oxygen atoms in total. The zero-order valence-electron chi connectivity index (χ0n) is 12.8. The minimum Gasteiger partial charge on any atom is -0.380 e. The highest BCUT2D eigenvalue weighted by Crippen LogP contribution is 2.42. The molecule has 2 unspecified atom stereocenters. The molecule has 2 heterocycles. The number of nitrogens with zero attached hydrogens (tertiary/aromatic N) is 1. The van der Waals surface area contributed by atoms with E-state index < -0.39 is 0 Å². The smallest absolute Gasteiger partial charge is 0.244 e. The van der Waals surface area contributed by atoms with Crippen LogP contribution in [0.2, 0.25) is 0 Å². The number of amides is 1. The topological polar surface area (TPSA) is 41.6 Å². The lowest BCUT2D eigenvalue weighted by Crippen LogP contribution is -2.46. The van der Waals surface area contributed by atoms with Crippen molar-refractivity contribution in [3.8, 4) is 0 Å². The summed E-state index contributed by atoms with van der Waals surface area (Å²) in [7, 11) is 0. The molecule has 1 spiro atoms. The first-order chi connectivity index (χ1) is 10.2. The zero-order chi connectivity index (χ0) is 14.9. The number of rotatable bonds is 5. The molecule has 3 rings (SSSR count). The Balaban J connectivity index is 1.87. The van der Waals surface area contributed by atoms with Crippen LogP contribution in [0.15, 0.2) is 17.5 Å². The second kappa shape index (κ2) is 6.07. The highest BCUT2D eigenvalue weighted by atomic mass is 32.1. The summed E-state index contributed by atoms with van der Waals surface area (Å²) in [5, 5.41) is 5.73. The molecule has 5 heteroatoms. The summed E-state index contributed by atoms with van der Waals surface area (Å²) in [6.45, 7) is 5.37. The molecule has 1 amide bonds. The number of ether oxygens (including phenoxy) is 1. The lowest BCUT2D eigenvalue weighted by atomic mass is 9.98. The predicted molar refractivity (Wildman–Crippen MR) is 84.2 cm³/mol. The first kappa shape index (κ1) is 15.0. The minimum absolute atomic E-state index is 0.00561. The highest BCUT2D eigenvalue weighted by Gasteiger charge is 2.54. The summed E-state index contributed by atoms with van der Waals surface area (Å²) in [4.78, 5) is 16.3. The molecule has 116 valence electrons. The first-order valence-corrected chi connectivity index (χ1v) is 8.77. The van der Waals surface area contributed by atoms with Crippen molar-refractivity contribution in [2.45, 2.75) is 57.3 Å². The Labute approximate surface area is 130 Å². The Morgan fingerprint density at radius 2 is 2.29 bits per heavy atom. The average Bonchev–Trinajstić information content (AvgIpc) is 3.19. The van der Waals surface area contributed by atoms with Crippen molar-refractivity contribution in [3.05, 3.63) is 22.4 Å². The fourth-order valence-electron chi connectivity index (χ4n) is 3.57. The van der Waals surface area contributed by atoms with E-state index >= 15 is 0 Å². The Hall–Kier alpha value is -0.910. The van der Waals surface area contributed by atoms with E-state index in [2.05, 4.69) is 29.8 Å². The fourth-order valence-corrected chi connectivity index (χ4v) is 4.35. The normalized spacial score (nSPS) is 25.9. The van der Waals surface area contributed by atoms with Crippen LogP contribution >= 0.6 is 11.3 Å². The first-order valence-electron chi connectivity index (χ1n) is 7.89. The van der Waals surface area contributed by atoms with E-state index in [-0.39, 0.29) is 23.7 Å². The largest absolute Gasteiger partial charge is 0.380 e. The number of hydrogen-bond donors (Lipinski definition) is 1. The van der Waals surface area contributed by atoms with Crippen LogP contribution in [-0.2, 0) is 9.53 Å². The maximum atomic E-state index is 13.1. The van der Waals surface area contributed by atoms with Crippen molar-refractivity contribution in [2.75, 3.05) is 13.2 Å². The van der Waals surface area contributed by atoms with Gasteiger partial charge in [0.25, 0.3) is 0 Å². The number of hydrogen-bond acceptors (Lipinski definition) is 4. The number of nitrogens with one attached hydrogen (secondary N) is 1. The van der Waals surface area contributed by atoms with Gasteiger partial charge in [-0.3, -0.25) is 10.1 Å². The Morgan fingerprint density at radius 1 is 1.52 bits per heavy atom. The van der Waals surface area contributed by atoms with Gasteiger partial charge in [0.05, 0.1) is 18.2 Å². The molecule has 2 aliphatic rings. The summed E-state index contributed by atoms with van der Waals surface area (Å²) in [5.41, 5.74) is -0.324.